The van der Waals surface area contributed by atoms with Gasteiger partial charge in [0.15, 0.2) is 5.69 Å². The highest BCUT2D eigenvalue weighted by atomic mass is 35.7. The summed E-state index contributed by atoms with van der Waals surface area (Å²) in [5, 5.41) is 13.7. The Bertz CT molecular complexity index is 2000. The zero-order valence-electron chi connectivity index (χ0n) is 24.8. The second kappa shape index (κ2) is 13.4. The minimum Gasteiger partial charge on any atom is -0.336 e. The molecule has 15 heteroatoms. The number of amides is 1. The van der Waals surface area contributed by atoms with Crippen LogP contribution in [0.3, 0.4) is 0 Å². The minimum atomic E-state index is -4.02. The van der Waals surface area contributed by atoms with Gasteiger partial charge in [0.25, 0.3) is 15.0 Å². The summed E-state index contributed by atoms with van der Waals surface area (Å²) in [7, 11) is 3.41. The first-order valence-corrected chi connectivity index (χ1v) is 16.8. The predicted molar refractivity (Wildman–Crippen MR) is 175 cm³/mol. The quantitative estimate of drug-likeness (QED) is 0.182. The lowest BCUT2D eigenvalue weighted by Crippen LogP contribution is -2.43. The van der Waals surface area contributed by atoms with E-state index < -0.39 is 14.9 Å². The maximum atomic E-state index is 14.4. The van der Waals surface area contributed by atoms with E-state index in [-0.39, 0.29) is 22.1 Å². The van der Waals surface area contributed by atoms with Crippen LogP contribution in [-0.2, 0) is 22.1 Å². The zero-order valence-corrected chi connectivity index (χ0v) is 26.4. The Morgan fingerprint density at radius 3 is 2.61 bits per heavy atom. The number of halogens is 2. The highest BCUT2D eigenvalue weighted by Gasteiger charge is 2.18. The highest BCUT2D eigenvalue weighted by molar-refractivity contribution is 8.13. The number of piperazine rings is 1. The number of hydrogen-bond acceptors (Lipinski definition) is 9. The van der Waals surface area contributed by atoms with Crippen molar-refractivity contribution < 1.29 is 17.6 Å². The number of aromatic nitrogens is 5. The summed E-state index contributed by atoms with van der Waals surface area (Å²) in [5.41, 5.74) is 3.28. The SMILES string of the molecule is CN1CCN(Cc2ccc(NC(=O)c3n[nH]cc3Nc3ncnc4c3ccn4C/C=C/c3ccc(S(=O)(=O)Cl)cc3F)cc2)CC1. The van der Waals surface area contributed by atoms with Crippen LogP contribution >= 0.6 is 10.7 Å². The predicted octanol–water partition coefficient (Wildman–Crippen LogP) is 4.68. The Kier molecular flexibility index (Phi) is 9.12. The van der Waals surface area contributed by atoms with Crippen LogP contribution in [0.2, 0.25) is 0 Å². The number of anilines is 3. The molecule has 1 aliphatic heterocycles. The molecule has 1 aliphatic rings. The van der Waals surface area contributed by atoms with E-state index in [1.165, 1.54) is 24.0 Å². The number of likely N-dealkylation sites (N-methyl/N-ethyl adjacent to an activating group) is 1. The van der Waals surface area contributed by atoms with Gasteiger partial charge in [-0.1, -0.05) is 30.4 Å². The van der Waals surface area contributed by atoms with Gasteiger partial charge in [-0.2, -0.15) is 5.10 Å². The maximum absolute atomic E-state index is 14.4. The largest absolute Gasteiger partial charge is 0.336 e. The number of fused-ring (bicyclic) bond motifs is 1. The maximum Gasteiger partial charge on any atom is 0.278 e. The van der Waals surface area contributed by atoms with Crippen molar-refractivity contribution in [2.75, 3.05) is 43.9 Å². The topological polar surface area (TPSA) is 141 Å². The molecule has 0 bridgehead atoms. The fourth-order valence-electron chi connectivity index (χ4n) is 5.17. The van der Waals surface area contributed by atoms with Gasteiger partial charge < -0.3 is 20.1 Å². The van der Waals surface area contributed by atoms with E-state index >= 15 is 0 Å². The van der Waals surface area contributed by atoms with Crippen molar-refractivity contribution in [3.05, 3.63) is 96.0 Å². The summed E-state index contributed by atoms with van der Waals surface area (Å²) in [5.74, 6) is -0.616. The average Bonchev–Trinajstić information content (AvgIpc) is 3.67. The molecule has 0 radical (unpaired) electrons. The molecule has 3 N–H and O–H groups in total. The normalized spacial score (nSPS) is 14.7. The van der Waals surface area contributed by atoms with Gasteiger partial charge in [-0.05, 0) is 42.9 Å². The van der Waals surface area contributed by atoms with E-state index in [4.69, 9.17) is 10.7 Å². The number of nitrogens with zero attached hydrogens (tertiary/aromatic N) is 6. The van der Waals surface area contributed by atoms with Gasteiger partial charge in [-0.15, -0.1) is 0 Å². The van der Waals surface area contributed by atoms with Gasteiger partial charge >= 0.3 is 0 Å². The molecule has 0 spiro atoms. The molecule has 3 aromatic heterocycles. The number of nitrogens with one attached hydrogen (secondary N) is 3. The summed E-state index contributed by atoms with van der Waals surface area (Å²) >= 11 is 0. The van der Waals surface area contributed by atoms with Crippen molar-refractivity contribution in [1.29, 1.82) is 0 Å². The van der Waals surface area contributed by atoms with Crippen LogP contribution in [0.1, 0.15) is 21.6 Å². The third-order valence-corrected chi connectivity index (χ3v) is 9.08. The standard InChI is InChI=1S/C31H31ClFN9O3S/c1-40-13-15-41(16-14-40)19-21-4-7-23(8-5-21)37-31(43)28-27(18-36-39-28)38-29-25-10-12-42(30(25)35-20-34-29)11-2-3-22-6-9-24(17-26(22)33)46(32,44)45/h2-10,12,17-18,20H,11,13-16,19H2,1H3,(H,36,39)(H,37,43)(H,34,35,38)/b3-2+. The van der Waals surface area contributed by atoms with E-state index in [0.29, 0.717) is 34.8 Å². The molecule has 6 rings (SSSR count). The molecular formula is C31H31ClFN9O3S. The van der Waals surface area contributed by atoms with Crippen LogP contribution in [0.25, 0.3) is 17.1 Å². The number of carbonyl (C=O) groups is 1. The lowest BCUT2D eigenvalue weighted by molar-refractivity contribution is 0.102. The fourth-order valence-corrected chi connectivity index (χ4v) is 5.94. The van der Waals surface area contributed by atoms with Gasteiger partial charge in [-0.25, -0.2) is 22.8 Å². The summed E-state index contributed by atoms with van der Waals surface area (Å²) < 4.78 is 39.1. The molecule has 4 heterocycles. The second-order valence-electron chi connectivity index (χ2n) is 11.0. The number of aromatic amines is 1. The molecule has 0 unspecified atom stereocenters. The van der Waals surface area contributed by atoms with Gasteiger partial charge in [-0.3, -0.25) is 14.8 Å². The summed E-state index contributed by atoms with van der Waals surface area (Å²) in [6, 6.07) is 13.1. The minimum absolute atomic E-state index is 0.172. The first-order valence-electron chi connectivity index (χ1n) is 14.5. The Balaban J connectivity index is 1.10. The highest BCUT2D eigenvalue weighted by Crippen LogP contribution is 2.26. The van der Waals surface area contributed by atoms with Crippen molar-refractivity contribution >= 4 is 59.9 Å². The lowest BCUT2D eigenvalue weighted by Gasteiger charge is -2.32. The zero-order chi connectivity index (χ0) is 32.3. The summed E-state index contributed by atoms with van der Waals surface area (Å²) in [4.78, 5) is 26.4. The van der Waals surface area contributed by atoms with E-state index in [1.54, 1.807) is 18.3 Å². The molecule has 12 nitrogen and oxygen atoms in total. The van der Waals surface area contributed by atoms with Gasteiger partial charge in [0, 0.05) is 73.6 Å². The molecular weight excluding hydrogens is 633 g/mol. The number of benzene rings is 2. The van der Waals surface area contributed by atoms with Crippen molar-refractivity contribution in [3.63, 3.8) is 0 Å². The Morgan fingerprint density at radius 2 is 1.87 bits per heavy atom. The van der Waals surface area contributed by atoms with Gasteiger partial charge in [0.2, 0.25) is 0 Å². The molecule has 2 aromatic carbocycles. The molecule has 0 atom stereocenters. The number of hydrogen-bond donors (Lipinski definition) is 3. The van der Waals surface area contributed by atoms with E-state index in [2.05, 4.69) is 47.6 Å². The second-order valence-corrected chi connectivity index (χ2v) is 13.5. The van der Waals surface area contributed by atoms with Crippen molar-refractivity contribution in [3.8, 4) is 0 Å². The molecule has 46 heavy (non-hydrogen) atoms. The number of carbonyl (C=O) groups excluding carboxylic acids is 1. The lowest BCUT2D eigenvalue weighted by atomic mass is 10.1. The average molecular weight is 664 g/mol. The smallest absolute Gasteiger partial charge is 0.278 e. The Morgan fingerprint density at radius 1 is 1.09 bits per heavy atom. The molecule has 0 saturated carbocycles. The first-order chi connectivity index (χ1) is 22.1. The molecule has 1 amide bonds. The molecule has 1 fully saturated rings. The van der Waals surface area contributed by atoms with Crippen molar-refractivity contribution in [2.45, 2.75) is 18.0 Å². The van der Waals surface area contributed by atoms with Crippen LogP contribution in [0.5, 0.6) is 0 Å². The third-order valence-electron chi connectivity index (χ3n) is 7.73. The Hall–Kier alpha value is -4.63. The van der Waals surface area contributed by atoms with Crippen LogP contribution in [0, 0.1) is 5.82 Å². The Labute approximate surface area is 269 Å². The molecule has 0 aliphatic carbocycles. The van der Waals surface area contributed by atoms with Crippen LogP contribution < -0.4 is 10.6 Å². The van der Waals surface area contributed by atoms with Crippen LogP contribution in [0.15, 0.2) is 78.2 Å². The van der Waals surface area contributed by atoms with E-state index in [0.717, 1.165) is 38.8 Å². The van der Waals surface area contributed by atoms with Crippen LogP contribution in [0.4, 0.5) is 21.6 Å². The number of H-pyrrole nitrogens is 1. The van der Waals surface area contributed by atoms with E-state index in [9.17, 15) is 17.6 Å². The van der Waals surface area contributed by atoms with Crippen molar-refractivity contribution in [2.24, 2.45) is 0 Å². The van der Waals surface area contributed by atoms with Crippen LogP contribution in [-0.4, -0.2) is 82.1 Å². The monoisotopic (exact) mass is 663 g/mol. The van der Waals surface area contributed by atoms with Gasteiger partial charge in [0.1, 0.15) is 23.6 Å². The number of allylic oxidation sites excluding steroid dienone is 1. The first kappa shape index (κ1) is 31.4. The van der Waals surface area contributed by atoms with E-state index in [1.807, 2.05) is 41.1 Å². The summed E-state index contributed by atoms with van der Waals surface area (Å²) in [6.07, 6.45) is 8.06. The molecule has 238 valence electrons. The van der Waals surface area contributed by atoms with Gasteiger partial charge in [0.05, 0.1) is 16.0 Å². The molecule has 5 aromatic rings. The molecule has 1 saturated heterocycles. The number of rotatable bonds is 10. The fraction of sp³-hybridized carbons (Fsp3) is 0.226. The third kappa shape index (κ3) is 7.26. The summed E-state index contributed by atoms with van der Waals surface area (Å²) in [6.45, 7) is 5.41. The van der Waals surface area contributed by atoms with Crippen molar-refractivity contribution in [1.82, 2.24) is 34.5 Å².